The van der Waals surface area contributed by atoms with Gasteiger partial charge in [0.25, 0.3) is 0 Å². The molecule has 0 aliphatic rings. The summed E-state index contributed by atoms with van der Waals surface area (Å²) in [7, 11) is 0. The van der Waals surface area contributed by atoms with Crippen molar-refractivity contribution in [2.45, 2.75) is 19.3 Å². The van der Waals surface area contributed by atoms with Crippen molar-refractivity contribution < 1.29 is 0 Å². The third kappa shape index (κ3) is 4.15. The van der Waals surface area contributed by atoms with Gasteiger partial charge in [-0.2, -0.15) is 0 Å². The summed E-state index contributed by atoms with van der Waals surface area (Å²) >= 11 is 2.44. The fraction of sp³-hybridized carbons (Fsp3) is 0.250. The Morgan fingerprint density at radius 3 is 2.24 bits per heavy atom. The van der Waals surface area contributed by atoms with Crippen LogP contribution < -0.4 is 0 Å². The van der Waals surface area contributed by atoms with Crippen molar-refractivity contribution >= 4 is 22.6 Å². The number of aryl methyl sites for hydroxylation is 1. The van der Waals surface area contributed by atoms with Crippen LogP contribution in [0.15, 0.2) is 54.6 Å². The van der Waals surface area contributed by atoms with Crippen LogP contribution in [0.5, 0.6) is 0 Å². The predicted molar refractivity (Wildman–Crippen MR) is 82.9 cm³/mol. The number of hydrogen-bond acceptors (Lipinski definition) is 0. The van der Waals surface area contributed by atoms with Gasteiger partial charge < -0.3 is 0 Å². The topological polar surface area (TPSA) is 0 Å². The Labute approximate surface area is 117 Å². The van der Waals surface area contributed by atoms with Crippen molar-refractivity contribution in [3.8, 4) is 0 Å². The van der Waals surface area contributed by atoms with Gasteiger partial charge in [0.05, 0.1) is 0 Å². The van der Waals surface area contributed by atoms with Crippen molar-refractivity contribution in [1.82, 2.24) is 0 Å². The number of hydrogen-bond donors (Lipinski definition) is 0. The molecule has 0 N–H and O–H groups in total. The van der Waals surface area contributed by atoms with Crippen LogP contribution in [0.3, 0.4) is 0 Å². The standard InChI is InChI=1S/C16H17I/c17-11-5-10-15-8-4-9-16(13-15)12-14-6-2-1-3-7-14/h1-4,6-9,13H,5,10-12H2. The summed E-state index contributed by atoms with van der Waals surface area (Å²) in [5.41, 5.74) is 4.27. The number of benzene rings is 2. The van der Waals surface area contributed by atoms with E-state index in [-0.39, 0.29) is 0 Å². The van der Waals surface area contributed by atoms with E-state index in [2.05, 4.69) is 77.2 Å². The van der Waals surface area contributed by atoms with E-state index in [1.807, 2.05) is 0 Å². The first-order valence-corrected chi connectivity index (χ1v) is 7.59. The molecule has 0 nitrogen and oxygen atoms in total. The summed E-state index contributed by atoms with van der Waals surface area (Å²) in [6.45, 7) is 0. The highest BCUT2D eigenvalue weighted by molar-refractivity contribution is 14.1. The Hall–Kier alpha value is -0.830. The third-order valence-electron chi connectivity index (χ3n) is 2.84. The summed E-state index contributed by atoms with van der Waals surface area (Å²) < 4.78 is 1.24. The molecule has 0 aliphatic heterocycles. The summed E-state index contributed by atoms with van der Waals surface area (Å²) in [4.78, 5) is 0. The largest absolute Gasteiger partial charge is 0.0864 e. The lowest BCUT2D eigenvalue weighted by Gasteiger charge is -2.05. The lowest BCUT2D eigenvalue weighted by atomic mass is 10.0. The van der Waals surface area contributed by atoms with Crippen LogP contribution in [-0.2, 0) is 12.8 Å². The second-order valence-electron chi connectivity index (χ2n) is 4.27. The monoisotopic (exact) mass is 336 g/mol. The highest BCUT2D eigenvalue weighted by Crippen LogP contribution is 2.13. The van der Waals surface area contributed by atoms with Crippen LogP contribution in [0.25, 0.3) is 0 Å². The average molecular weight is 336 g/mol. The molecule has 0 bridgehead atoms. The normalized spacial score (nSPS) is 10.4. The summed E-state index contributed by atoms with van der Waals surface area (Å²) in [6.07, 6.45) is 3.51. The summed E-state index contributed by atoms with van der Waals surface area (Å²) in [6, 6.07) is 19.7. The molecule has 0 radical (unpaired) electrons. The zero-order valence-corrected chi connectivity index (χ0v) is 12.1. The summed E-state index contributed by atoms with van der Waals surface area (Å²) in [5.74, 6) is 0. The van der Waals surface area contributed by atoms with Gasteiger partial charge in [0.1, 0.15) is 0 Å². The van der Waals surface area contributed by atoms with E-state index in [0.717, 1.165) is 6.42 Å². The number of halogens is 1. The van der Waals surface area contributed by atoms with E-state index in [9.17, 15) is 0 Å². The van der Waals surface area contributed by atoms with Gasteiger partial charge in [0.15, 0.2) is 0 Å². The Morgan fingerprint density at radius 2 is 1.47 bits per heavy atom. The molecule has 1 heteroatoms. The smallest absolute Gasteiger partial charge is 0.000156 e. The van der Waals surface area contributed by atoms with Crippen LogP contribution in [0, 0.1) is 0 Å². The quantitative estimate of drug-likeness (QED) is 0.551. The molecule has 17 heavy (non-hydrogen) atoms. The Morgan fingerprint density at radius 1 is 0.765 bits per heavy atom. The number of alkyl halides is 1. The van der Waals surface area contributed by atoms with E-state index in [0.29, 0.717) is 0 Å². The molecule has 2 rings (SSSR count). The maximum atomic E-state index is 2.44. The molecule has 0 saturated heterocycles. The van der Waals surface area contributed by atoms with E-state index in [1.165, 1.54) is 34.0 Å². The molecule has 2 aromatic carbocycles. The van der Waals surface area contributed by atoms with Gasteiger partial charge in [-0.05, 0) is 40.4 Å². The lowest BCUT2D eigenvalue weighted by Crippen LogP contribution is -1.91. The fourth-order valence-electron chi connectivity index (χ4n) is 2.00. The van der Waals surface area contributed by atoms with Crippen LogP contribution in [-0.4, -0.2) is 4.43 Å². The van der Waals surface area contributed by atoms with Crippen LogP contribution in [0.2, 0.25) is 0 Å². The van der Waals surface area contributed by atoms with E-state index in [4.69, 9.17) is 0 Å². The van der Waals surface area contributed by atoms with Crippen LogP contribution >= 0.6 is 22.6 Å². The molecule has 0 saturated carbocycles. The SMILES string of the molecule is ICCCc1cccc(Cc2ccccc2)c1. The fourth-order valence-corrected chi connectivity index (χ4v) is 2.38. The van der Waals surface area contributed by atoms with Gasteiger partial charge in [-0.15, -0.1) is 0 Å². The van der Waals surface area contributed by atoms with Gasteiger partial charge in [0, 0.05) is 0 Å². The molecule has 0 aliphatic carbocycles. The van der Waals surface area contributed by atoms with Gasteiger partial charge in [-0.3, -0.25) is 0 Å². The van der Waals surface area contributed by atoms with Crippen molar-refractivity contribution in [2.75, 3.05) is 4.43 Å². The lowest BCUT2D eigenvalue weighted by molar-refractivity contribution is 0.941. The first kappa shape index (κ1) is 12.6. The minimum Gasteiger partial charge on any atom is -0.0864 e. The predicted octanol–water partition coefficient (Wildman–Crippen LogP) is 4.65. The molecule has 0 spiro atoms. The molecule has 0 heterocycles. The van der Waals surface area contributed by atoms with Crippen molar-refractivity contribution in [3.05, 3.63) is 71.3 Å². The van der Waals surface area contributed by atoms with Crippen LogP contribution in [0.1, 0.15) is 23.1 Å². The second-order valence-corrected chi connectivity index (χ2v) is 5.35. The van der Waals surface area contributed by atoms with E-state index < -0.39 is 0 Å². The van der Waals surface area contributed by atoms with E-state index >= 15 is 0 Å². The van der Waals surface area contributed by atoms with Gasteiger partial charge in [-0.25, -0.2) is 0 Å². The Kier molecular flexibility index (Phi) is 5.05. The molecule has 0 unspecified atom stereocenters. The number of rotatable bonds is 5. The maximum absolute atomic E-state index is 2.44. The highest BCUT2D eigenvalue weighted by Gasteiger charge is 1.98. The molecular formula is C16H17I. The van der Waals surface area contributed by atoms with Gasteiger partial charge >= 0.3 is 0 Å². The Balaban J connectivity index is 2.06. The minimum atomic E-state index is 1.04. The molecular weight excluding hydrogens is 319 g/mol. The molecule has 2 aromatic rings. The Bertz CT molecular complexity index is 448. The summed E-state index contributed by atoms with van der Waals surface area (Å²) in [5, 5.41) is 0. The molecule has 0 atom stereocenters. The first-order chi connectivity index (χ1) is 8.38. The zero-order valence-electron chi connectivity index (χ0n) is 9.90. The molecule has 0 aromatic heterocycles. The highest BCUT2D eigenvalue weighted by atomic mass is 127. The minimum absolute atomic E-state index is 1.04. The molecule has 0 amide bonds. The van der Waals surface area contributed by atoms with E-state index in [1.54, 1.807) is 0 Å². The van der Waals surface area contributed by atoms with Crippen molar-refractivity contribution in [3.63, 3.8) is 0 Å². The van der Waals surface area contributed by atoms with Crippen molar-refractivity contribution in [1.29, 1.82) is 0 Å². The average Bonchev–Trinajstić information content (AvgIpc) is 2.38. The molecule has 0 fully saturated rings. The molecule has 88 valence electrons. The maximum Gasteiger partial charge on any atom is -0.000156 e. The van der Waals surface area contributed by atoms with Crippen LogP contribution in [0.4, 0.5) is 0 Å². The van der Waals surface area contributed by atoms with Crippen molar-refractivity contribution in [2.24, 2.45) is 0 Å². The second kappa shape index (κ2) is 6.80. The first-order valence-electron chi connectivity index (χ1n) is 6.06. The third-order valence-corrected chi connectivity index (χ3v) is 3.60. The zero-order chi connectivity index (χ0) is 11.9. The van der Waals surface area contributed by atoms with Gasteiger partial charge in [-0.1, -0.05) is 77.2 Å². The van der Waals surface area contributed by atoms with Gasteiger partial charge in [0.2, 0.25) is 0 Å².